The maximum absolute atomic E-state index is 12.7. The SMILES string of the molecule is CNC(=O)[C@H](Cc1ccc(C#N)cc1)NC(=O)[C@@H](CC(=O)NO)CC(C)C. The second-order valence-electron chi connectivity index (χ2n) is 6.75. The van der Waals surface area contributed by atoms with E-state index >= 15 is 0 Å². The van der Waals surface area contributed by atoms with Crippen molar-refractivity contribution in [2.45, 2.75) is 39.2 Å². The lowest BCUT2D eigenvalue weighted by atomic mass is 9.92. The van der Waals surface area contributed by atoms with Gasteiger partial charge in [-0.3, -0.25) is 19.6 Å². The van der Waals surface area contributed by atoms with Crippen LogP contribution in [-0.2, 0) is 20.8 Å². The maximum atomic E-state index is 12.7. The first-order valence-corrected chi connectivity index (χ1v) is 8.74. The molecule has 0 bridgehead atoms. The number of benzene rings is 1. The van der Waals surface area contributed by atoms with Crippen LogP contribution in [0.2, 0.25) is 0 Å². The number of nitriles is 1. The number of nitrogens with zero attached hydrogens (tertiary/aromatic N) is 1. The molecule has 0 aliphatic rings. The summed E-state index contributed by atoms with van der Waals surface area (Å²) in [6.07, 6.45) is 0.520. The molecule has 1 aromatic carbocycles. The summed E-state index contributed by atoms with van der Waals surface area (Å²) in [5, 5.41) is 22.8. The zero-order valence-electron chi connectivity index (χ0n) is 15.8. The molecule has 146 valence electrons. The highest BCUT2D eigenvalue weighted by Crippen LogP contribution is 2.17. The molecule has 3 amide bonds. The molecule has 1 aromatic rings. The first-order valence-electron chi connectivity index (χ1n) is 8.74. The van der Waals surface area contributed by atoms with Crippen molar-refractivity contribution in [3.8, 4) is 6.07 Å². The van der Waals surface area contributed by atoms with E-state index in [0.717, 1.165) is 5.56 Å². The van der Waals surface area contributed by atoms with E-state index in [-0.39, 0.29) is 24.7 Å². The normalized spacial score (nSPS) is 12.6. The van der Waals surface area contributed by atoms with Gasteiger partial charge < -0.3 is 10.6 Å². The lowest BCUT2D eigenvalue weighted by Gasteiger charge is -2.22. The van der Waals surface area contributed by atoms with Crippen molar-refractivity contribution in [1.82, 2.24) is 16.1 Å². The number of hydrogen-bond donors (Lipinski definition) is 4. The van der Waals surface area contributed by atoms with E-state index in [1.165, 1.54) is 12.5 Å². The van der Waals surface area contributed by atoms with Gasteiger partial charge in [0.05, 0.1) is 11.6 Å². The molecule has 0 aliphatic carbocycles. The number of hydrogen-bond acceptors (Lipinski definition) is 5. The summed E-state index contributed by atoms with van der Waals surface area (Å²) in [6, 6.07) is 7.95. The second kappa shape index (κ2) is 10.9. The van der Waals surface area contributed by atoms with Gasteiger partial charge in [0.15, 0.2) is 0 Å². The minimum Gasteiger partial charge on any atom is -0.357 e. The summed E-state index contributed by atoms with van der Waals surface area (Å²) in [4.78, 5) is 36.3. The minimum atomic E-state index is -0.817. The molecule has 0 aromatic heterocycles. The second-order valence-corrected chi connectivity index (χ2v) is 6.75. The molecular weight excluding hydrogens is 348 g/mol. The molecule has 8 heteroatoms. The van der Waals surface area contributed by atoms with Crippen molar-refractivity contribution in [2.75, 3.05) is 7.05 Å². The number of hydroxylamine groups is 1. The van der Waals surface area contributed by atoms with Gasteiger partial charge in [0.1, 0.15) is 6.04 Å². The summed E-state index contributed by atoms with van der Waals surface area (Å²) in [6.45, 7) is 3.84. The molecule has 0 radical (unpaired) electrons. The molecule has 2 atom stereocenters. The molecule has 0 saturated carbocycles. The largest absolute Gasteiger partial charge is 0.357 e. The Hall–Kier alpha value is -2.92. The lowest BCUT2D eigenvalue weighted by molar-refractivity contribution is -0.136. The molecule has 0 saturated heterocycles. The van der Waals surface area contributed by atoms with Crippen LogP contribution in [0, 0.1) is 23.2 Å². The van der Waals surface area contributed by atoms with Gasteiger partial charge in [0, 0.05) is 25.8 Å². The van der Waals surface area contributed by atoms with Crippen molar-refractivity contribution >= 4 is 17.7 Å². The third-order valence-electron chi connectivity index (χ3n) is 4.09. The van der Waals surface area contributed by atoms with Crippen molar-refractivity contribution < 1.29 is 19.6 Å². The van der Waals surface area contributed by atoms with Gasteiger partial charge in [-0.05, 0) is 30.0 Å². The number of carbonyl (C=O) groups is 3. The molecule has 8 nitrogen and oxygen atoms in total. The third kappa shape index (κ3) is 7.46. The van der Waals surface area contributed by atoms with Crippen LogP contribution in [0.15, 0.2) is 24.3 Å². The van der Waals surface area contributed by atoms with Crippen molar-refractivity contribution in [1.29, 1.82) is 5.26 Å². The standard InChI is InChI=1S/C19H26N4O4/c1-12(2)8-15(10-17(24)23-27)18(25)22-16(19(26)21-3)9-13-4-6-14(11-20)7-5-13/h4-7,12,15-16,27H,8-10H2,1-3H3,(H,21,26)(H,22,25)(H,23,24)/t15-,16+/m1/s1. The van der Waals surface area contributed by atoms with Crippen molar-refractivity contribution in [3.63, 3.8) is 0 Å². The van der Waals surface area contributed by atoms with Gasteiger partial charge in [-0.2, -0.15) is 5.26 Å². The predicted molar refractivity (Wildman–Crippen MR) is 98.3 cm³/mol. The van der Waals surface area contributed by atoms with Gasteiger partial charge in [-0.1, -0.05) is 26.0 Å². The molecule has 0 heterocycles. The fraction of sp³-hybridized carbons (Fsp3) is 0.474. The van der Waals surface area contributed by atoms with Gasteiger partial charge in [0.2, 0.25) is 17.7 Å². The Morgan fingerprint density at radius 1 is 1.15 bits per heavy atom. The number of nitrogens with one attached hydrogen (secondary N) is 3. The van der Waals surface area contributed by atoms with Gasteiger partial charge in [-0.15, -0.1) is 0 Å². The van der Waals surface area contributed by atoms with E-state index in [0.29, 0.717) is 12.0 Å². The van der Waals surface area contributed by atoms with Gasteiger partial charge >= 0.3 is 0 Å². The van der Waals surface area contributed by atoms with Crippen LogP contribution in [0.25, 0.3) is 0 Å². The minimum absolute atomic E-state index is 0.157. The zero-order chi connectivity index (χ0) is 20.4. The first-order chi connectivity index (χ1) is 12.8. The average molecular weight is 374 g/mol. The lowest BCUT2D eigenvalue weighted by Crippen LogP contribution is -2.49. The average Bonchev–Trinajstić information content (AvgIpc) is 2.66. The Kier molecular flexibility index (Phi) is 8.96. The van der Waals surface area contributed by atoms with Crippen LogP contribution in [-0.4, -0.2) is 36.0 Å². The van der Waals surface area contributed by atoms with E-state index in [4.69, 9.17) is 10.5 Å². The summed E-state index contributed by atoms with van der Waals surface area (Å²) >= 11 is 0. The van der Waals surface area contributed by atoms with E-state index in [9.17, 15) is 14.4 Å². The first kappa shape index (κ1) is 22.1. The molecule has 27 heavy (non-hydrogen) atoms. The van der Waals surface area contributed by atoms with Gasteiger partial charge in [-0.25, -0.2) is 5.48 Å². The van der Waals surface area contributed by atoms with Gasteiger partial charge in [0.25, 0.3) is 0 Å². The predicted octanol–water partition coefficient (Wildman–Crippen LogP) is 0.889. The smallest absolute Gasteiger partial charge is 0.244 e. The topological polar surface area (TPSA) is 131 Å². The number of carbonyl (C=O) groups excluding carboxylic acids is 3. The number of rotatable bonds is 9. The van der Waals surface area contributed by atoms with Crippen LogP contribution in [0.1, 0.15) is 37.8 Å². The summed E-state index contributed by atoms with van der Waals surface area (Å²) in [5.41, 5.74) is 2.83. The monoisotopic (exact) mass is 374 g/mol. The van der Waals surface area contributed by atoms with Crippen LogP contribution in [0.3, 0.4) is 0 Å². The quantitative estimate of drug-likeness (QED) is 0.376. The molecule has 1 rings (SSSR count). The highest BCUT2D eigenvalue weighted by Gasteiger charge is 2.27. The summed E-state index contributed by atoms with van der Waals surface area (Å²) in [5.74, 6) is -1.94. The Morgan fingerprint density at radius 2 is 1.78 bits per heavy atom. The Morgan fingerprint density at radius 3 is 2.26 bits per heavy atom. The van der Waals surface area contributed by atoms with Crippen molar-refractivity contribution in [3.05, 3.63) is 35.4 Å². The number of amides is 3. The van der Waals surface area contributed by atoms with E-state index < -0.39 is 23.8 Å². The molecule has 0 unspecified atom stereocenters. The number of likely N-dealkylation sites (N-methyl/N-ethyl adjacent to an activating group) is 1. The highest BCUT2D eigenvalue weighted by molar-refractivity contribution is 5.90. The molecule has 0 spiro atoms. The Bertz CT molecular complexity index is 695. The molecular formula is C19H26N4O4. The Balaban J connectivity index is 2.91. The summed E-state index contributed by atoms with van der Waals surface area (Å²) < 4.78 is 0. The highest BCUT2D eigenvalue weighted by atomic mass is 16.5. The third-order valence-corrected chi connectivity index (χ3v) is 4.09. The van der Waals surface area contributed by atoms with Crippen LogP contribution in [0.4, 0.5) is 0 Å². The fourth-order valence-corrected chi connectivity index (χ4v) is 2.75. The molecule has 0 aliphatic heterocycles. The van der Waals surface area contributed by atoms with Crippen LogP contribution in [0.5, 0.6) is 0 Å². The summed E-state index contributed by atoms with van der Waals surface area (Å²) in [7, 11) is 1.48. The van der Waals surface area contributed by atoms with E-state index in [1.54, 1.807) is 24.3 Å². The van der Waals surface area contributed by atoms with Crippen LogP contribution < -0.4 is 16.1 Å². The Labute approximate surface area is 158 Å². The molecule has 0 fully saturated rings. The fourth-order valence-electron chi connectivity index (χ4n) is 2.75. The van der Waals surface area contributed by atoms with E-state index in [1.807, 2.05) is 19.9 Å². The molecule has 4 N–H and O–H groups in total. The zero-order valence-corrected chi connectivity index (χ0v) is 15.8. The van der Waals surface area contributed by atoms with Crippen LogP contribution >= 0.6 is 0 Å². The maximum Gasteiger partial charge on any atom is 0.244 e. The van der Waals surface area contributed by atoms with Crippen molar-refractivity contribution in [2.24, 2.45) is 11.8 Å². The van der Waals surface area contributed by atoms with E-state index in [2.05, 4.69) is 10.6 Å².